The van der Waals surface area contributed by atoms with Crippen LogP contribution in [0.2, 0.25) is 0 Å². The normalized spacial score (nSPS) is 15.7. The second-order valence-electron chi connectivity index (χ2n) is 11.1. The van der Waals surface area contributed by atoms with Crippen molar-refractivity contribution in [3.8, 4) is 0 Å². The minimum atomic E-state index is -0.760. The molecule has 0 saturated carbocycles. The molecule has 1 atom stereocenters. The van der Waals surface area contributed by atoms with Gasteiger partial charge in [0, 0.05) is 19.5 Å². The highest BCUT2D eigenvalue weighted by Gasteiger charge is 2.40. The Morgan fingerprint density at radius 3 is 2.50 bits per heavy atom. The maximum absolute atomic E-state index is 13.8. The molecule has 0 spiro atoms. The molecule has 3 heterocycles. The largest absolute Gasteiger partial charge is 0.377 e. The number of hydrogen-bond donors (Lipinski definition) is 5. The number of benzene rings is 2. The number of fused-ring (bicyclic) bond motifs is 1. The van der Waals surface area contributed by atoms with Crippen molar-refractivity contribution in [3.63, 3.8) is 0 Å². The maximum atomic E-state index is 13.8. The van der Waals surface area contributed by atoms with Crippen molar-refractivity contribution in [2.45, 2.75) is 45.1 Å². The number of nitrogens with one attached hydrogen (secondary N) is 4. The number of nitrogens with zero attached hydrogens (tertiary/aromatic N) is 4. The second kappa shape index (κ2) is 17.3. The number of imide groups is 1. The van der Waals surface area contributed by atoms with Gasteiger partial charge in [0.05, 0.1) is 75.8 Å². The predicted octanol–water partition coefficient (Wildman–Crippen LogP) is 0.379. The third kappa shape index (κ3) is 9.34. The van der Waals surface area contributed by atoms with Crippen molar-refractivity contribution in [2.24, 2.45) is 0 Å². The van der Waals surface area contributed by atoms with Crippen molar-refractivity contribution in [2.75, 3.05) is 57.0 Å². The van der Waals surface area contributed by atoms with E-state index in [1.807, 2.05) is 30.3 Å². The van der Waals surface area contributed by atoms with Gasteiger partial charge in [0.2, 0.25) is 17.7 Å². The zero-order valence-corrected chi connectivity index (χ0v) is 26.5. The summed E-state index contributed by atoms with van der Waals surface area (Å²) in [7, 11) is 0. The molecule has 5 N–H and O–H groups in total. The van der Waals surface area contributed by atoms with Crippen LogP contribution in [0, 0.1) is 0 Å². The lowest BCUT2D eigenvalue weighted by molar-refractivity contribution is -0.137. The molecule has 48 heavy (non-hydrogen) atoms. The Balaban J connectivity index is 1.21. The van der Waals surface area contributed by atoms with Gasteiger partial charge in [-0.1, -0.05) is 41.6 Å². The standard InChI is InChI=1S/C32H40N8O8/c41-21-48-15-14-47-13-12-46-11-10-39-20-24(37-38-39)17-35-30-25(33-18-28(43)34-16-22-4-2-1-3-5-22)7-6-23-19-40(32(45)29(23)30)26-8-9-27(42)36-31(26)44/h1-7,20,26,33,35,41H,8-19,21H2,(H,34,43)(H,36,42,44). The Bertz CT molecular complexity index is 1570. The van der Waals surface area contributed by atoms with Gasteiger partial charge in [-0.3, -0.25) is 24.5 Å². The summed E-state index contributed by atoms with van der Waals surface area (Å²) in [6.07, 6.45) is 2.17. The number of aromatic nitrogens is 3. The fourth-order valence-corrected chi connectivity index (χ4v) is 5.39. The van der Waals surface area contributed by atoms with E-state index in [0.717, 1.165) is 11.1 Å². The minimum absolute atomic E-state index is 0.0387. The SMILES string of the molecule is O=C(CNc1ccc2c(c1NCc1cn(CCOCCOCCOCO)nn1)C(=O)N(C1CCC(=O)NC1=O)C2)NCc1ccccc1. The van der Waals surface area contributed by atoms with E-state index < -0.39 is 11.9 Å². The Labute approximate surface area is 277 Å². The summed E-state index contributed by atoms with van der Waals surface area (Å²) in [6, 6.07) is 12.4. The minimum Gasteiger partial charge on any atom is -0.377 e. The monoisotopic (exact) mass is 664 g/mol. The number of piperidine rings is 1. The molecule has 256 valence electrons. The lowest BCUT2D eigenvalue weighted by Gasteiger charge is -2.29. The third-order valence-electron chi connectivity index (χ3n) is 7.80. The molecular weight excluding hydrogens is 624 g/mol. The molecule has 0 radical (unpaired) electrons. The van der Waals surface area contributed by atoms with Crippen molar-refractivity contribution in [1.29, 1.82) is 0 Å². The van der Waals surface area contributed by atoms with Crippen LogP contribution in [0.25, 0.3) is 0 Å². The molecule has 2 aliphatic heterocycles. The van der Waals surface area contributed by atoms with E-state index >= 15 is 0 Å². The summed E-state index contributed by atoms with van der Waals surface area (Å²) in [5.74, 6) is -1.41. The fourth-order valence-electron chi connectivity index (χ4n) is 5.39. The fraction of sp³-hybridized carbons (Fsp3) is 0.438. The number of aliphatic hydroxyl groups excluding tert-OH is 1. The highest BCUT2D eigenvalue weighted by atomic mass is 16.6. The third-order valence-corrected chi connectivity index (χ3v) is 7.80. The van der Waals surface area contributed by atoms with E-state index in [1.165, 1.54) is 4.90 Å². The van der Waals surface area contributed by atoms with E-state index in [9.17, 15) is 19.2 Å². The van der Waals surface area contributed by atoms with Gasteiger partial charge in [0.15, 0.2) is 0 Å². The maximum Gasteiger partial charge on any atom is 0.257 e. The summed E-state index contributed by atoms with van der Waals surface area (Å²) in [5, 5.41) is 28.7. The van der Waals surface area contributed by atoms with Gasteiger partial charge in [-0.15, -0.1) is 5.10 Å². The first kappa shape index (κ1) is 34.4. The first-order valence-electron chi connectivity index (χ1n) is 15.7. The van der Waals surface area contributed by atoms with E-state index in [-0.39, 0.29) is 57.0 Å². The summed E-state index contributed by atoms with van der Waals surface area (Å²) in [6.45, 7) is 2.77. The number of carbonyl (C=O) groups is 4. The molecule has 5 rings (SSSR count). The van der Waals surface area contributed by atoms with Gasteiger partial charge >= 0.3 is 0 Å². The van der Waals surface area contributed by atoms with Gasteiger partial charge in [0.25, 0.3) is 5.91 Å². The van der Waals surface area contributed by atoms with Crippen LogP contribution in [-0.4, -0.2) is 101 Å². The van der Waals surface area contributed by atoms with E-state index in [2.05, 4.69) is 31.6 Å². The van der Waals surface area contributed by atoms with E-state index in [4.69, 9.17) is 19.3 Å². The van der Waals surface area contributed by atoms with Crippen molar-refractivity contribution in [3.05, 3.63) is 71.0 Å². The molecule has 1 unspecified atom stereocenters. The number of carbonyl (C=O) groups excluding carboxylic acids is 4. The molecule has 2 aliphatic rings. The lowest BCUT2D eigenvalue weighted by Crippen LogP contribution is -2.52. The molecule has 16 heteroatoms. The number of amides is 4. The second-order valence-corrected chi connectivity index (χ2v) is 11.1. The van der Waals surface area contributed by atoms with Crippen molar-refractivity contribution < 1.29 is 38.5 Å². The smallest absolute Gasteiger partial charge is 0.257 e. The topological polar surface area (TPSA) is 198 Å². The summed E-state index contributed by atoms with van der Waals surface area (Å²) in [4.78, 5) is 52.4. The number of anilines is 2. The predicted molar refractivity (Wildman–Crippen MR) is 171 cm³/mol. The average Bonchev–Trinajstić information content (AvgIpc) is 3.69. The molecule has 1 fully saturated rings. The van der Waals surface area contributed by atoms with Crippen LogP contribution >= 0.6 is 0 Å². The Morgan fingerprint density at radius 2 is 1.73 bits per heavy atom. The molecule has 2 aromatic carbocycles. The van der Waals surface area contributed by atoms with Gasteiger partial charge in [0.1, 0.15) is 18.5 Å². The molecule has 4 amide bonds. The first-order chi connectivity index (χ1) is 23.4. The van der Waals surface area contributed by atoms with E-state index in [1.54, 1.807) is 23.0 Å². The van der Waals surface area contributed by atoms with Crippen LogP contribution in [-0.2, 0) is 54.8 Å². The van der Waals surface area contributed by atoms with Gasteiger partial charge in [-0.2, -0.15) is 0 Å². The number of aliphatic hydroxyl groups is 1. The molecule has 0 bridgehead atoms. The molecule has 1 aromatic heterocycles. The summed E-state index contributed by atoms with van der Waals surface area (Å²) < 4.78 is 17.3. The zero-order chi connectivity index (χ0) is 33.7. The van der Waals surface area contributed by atoms with Gasteiger partial charge in [-0.25, -0.2) is 4.68 Å². The van der Waals surface area contributed by atoms with Crippen molar-refractivity contribution in [1.82, 2.24) is 30.5 Å². The lowest BCUT2D eigenvalue weighted by atomic mass is 10.0. The van der Waals surface area contributed by atoms with Gasteiger partial charge in [-0.05, 0) is 23.6 Å². The molecular formula is C32H40N8O8. The van der Waals surface area contributed by atoms with Gasteiger partial charge < -0.3 is 40.2 Å². The summed E-state index contributed by atoms with van der Waals surface area (Å²) >= 11 is 0. The first-order valence-corrected chi connectivity index (χ1v) is 15.7. The molecule has 1 saturated heterocycles. The Hall–Kier alpha value is -4.90. The molecule has 3 aromatic rings. The Morgan fingerprint density at radius 1 is 0.958 bits per heavy atom. The molecule has 0 aliphatic carbocycles. The average molecular weight is 665 g/mol. The van der Waals surface area contributed by atoms with Crippen molar-refractivity contribution >= 4 is 35.0 Å². The highest BCUT2D eigenvalue weighted by molar-refractivity contribution is 6.09. The van der Waals surface area contributed by atoms with Crippen LogP contribution in [0.5, 0.6) is 0 Å². The quantitative estimate of drug-likeness (QED) is 0.0672. The van der Waals surface area contributed by atoms with Crippen LogP contribution in [0.4, 0.5) is 11.4 Å². The van der Waals surface area contributed by atoms with E-state index in [0.29, 0.717) is 68.8 Å². The van der Waals surface area contributed by atoms with Crippen LogP contribution < -0.4 is 21.3 Å². The number of hydrogen-bond acceptors (Lipinski definition) is 12. The van der Waals surface area contributed by atoms with Crippen LogP contribution in [0.1, 0.15) is 40.0 Å². The number of ether oxygens (including phenoxy) is 3. The zero-order valence-electron chi connectivity index (χ0n) is 26.5. The number of rotatable bonds is 19. The van der Waals surface area contributed by atoms with Crippen LogP contribution in [0.15, 0.2) is 48.7 Å². The molecule has 16 nitrogen and oxygen atoms in total. The summed E-state index contributed by atoms with van der Waals surface area (Å²) in [5.41, 5.74) is 3.70. The highest BCUT2D eigenvalue weighted by Crippen LogP contribution is 2.37. The van der Waals surface area contributed by atoms with Crippen LogP contribution in [0.3, 0.4) is 0 Å². The Kier molecular flexibility index (Phi) is 12.4.